The average Bonchev–Trinajstić information content (AvgIpc) is 2.82. The Balaban J connectivity index is 1.87. The number of carbonyl (C=O) groups is 1. The summed E-state index contributed by atoms with van der Waals surface area (Å²) < 4.78 is 18.3. The summed E-state index contributed by atoms with van der Waals surface area (Å²) >= 11 is 0. The number of pyridine rings is 1. The zero-order valence-electron chi connectivity index (χ0n) is 17.6. The Morgan fingerprint density at radius 2 is 1.62 bits per heavy atom. The van der Waals surface area contributed by atoms with Crippen molar-refractivity contribution in [2.45, 2.75) is 6.61 Å². The molecule has 0 bridgehead atoms. The molecule has 0 saturated carbocycles. The van der Waals surface area contributed by atoms with Gasteiger partial charge in [-0.1, -0.05) is 30.3 Å². The number of hydrogen-bond donors (Lipinski definition) is 1. The minimum atomic E-state index is -1.30. The minimum absolute atomic E-state index is 0.264. The molecule has 0 amide bonds. The number of hydrogen-bond acceptors (Lipinski definition) is 5. The van der Waals surface area contributed by atoms with Crippen molar-refractivity contribution in [2.24, 2.45) is 0 Å². The van der Waals surface area contributed by atoms with Crippen molar-refractivity contribution in [3.63, 3.8) is 0 Å². The van der Waals surface area contributed by atoms with Gasteiger partial charge in [0.25, 0.3) is 0 Å². The Morgan fingerprint density at radius 3 is 2.31 bits per heavy atom. The van der Waals surface area contributed by atoms with Gasteiger partial charge in [-0.05, 0) is 17.7 Å². The predicted octanol–water partition coefficient (Wildman–Crippen LogP) is 4.29. The van der Waals surface area contributed by atoms with Gasteiger partial charge in [0.05, 0.1) is 25.4 Å². The first-order valence-corrected chi connectivity index (χ1v) is 9.83. The normalized spacial score (nSPS) is 10.7. The van der Waals surface area contributed by atoms with Gasteiger partial charge in [0.15, 0.2) is 0 Å². The molecule has 3 aromatic carbocycles. The van der Waals surface area contributed by atoms with Crippen LogP contribution in [0.2, 0.25) is 0 Å². The van der Waals surface area contributed by atoms with Gasteiger partial charge < -0.3 is 23.9 Å². The molecule has 7 nitrogen and oxygen atoms in total. The number of nitrogens with zero attached hydrogens (tertiary/aromatic N) is 1. The number of ether oxygens (including phenoxy) is 3. The monoisotopic (exact) mass is 431 g/mol. The van der Waals surface area contributed by atoms with E-state index in [0.29, 0.717) is 35.1 Å². The van der Waals surface area contributed by atoms with Crippen LogP contribution in [-0.4, -0.2) is 29.9 Å². The summed E-state index contributed by atoms with van der Waals surface area (Å²) in [5.74, 6) is 0.300. The molecule has 4 aromatic rings. The summed E-state index contributed by atoms with van der Waals surface area (Å²) in [5.41, 5.74) is 1.19. The first-order chi connectivity index (χ1) is 15.5. The molecule has 0 atom stereocenters. The van der Waals surface area contributed by atoms with Gasteiger partial charge in [-0.2, -0.15) is 0 Å². The molecule has 0 fully saturated rings. The van der Waals surface area contributed by atoms with Gasteiger partial charge in [0.1, 0.15) is 29.4 Å². The lowest BCUT2D eigenvalue weighted by Gasteiger charge is -2.16. The Labute approximate surface area is 184 Å². The van der Waals surface area contributed by atoms with Crippen LogP contribution >= 0.6 is 0 Å². The second kappa shape index (κ2) is 8.85. The summed E-state index contributed by atoms with van der Waals surface area (Å²) in [4.78, 5) is 24.5. The predicted molar refractivity (Wildman–Crippen MR) is 120 cm³/mol. The third-order valence-electron chi connectivity index (χ3n) is 5.07. The van der Waals surface area contributed by atoms with Crippen LogP contribution in [0.4, 0.5) is 0 Å². The molecule has 1 N–H and O–H groups in total. The van der Waals surface area contributed by atoms with E-state index in [1.54, 1.807) is 41.0 Å². The molecule has 7 heteroatoms. The van der Waals surface area contributed by atoms with Gasteiger partial charge in [-0.15, -0.1) is 0 Å². The second-order valence-electron chi connectivity index (χ2n) is 7.07. The molecule has 0 aliphatic carbocycles. The molecule has 1 aromatic heterocycles. The second-order valence-corrected chi connectivity index (χ2v) is 7.07. The number of aromatic carboxylic acids is 1. The maximum atomic E-state index is 12.7. The first-order valence-electron chi connectivity index (χ1n) is 9.83. The Hall–Kier alpha value is -4.26. The van der Waals surface area contributed by atoms with Crippen LogP contribution in [0.15, 0.2) is 77.7 Å². The Morgan fingerprint density at radius 1 is 0.906 bits per heavy atom. The molecule has 0 aliphatic rings. The Bertz CT molecular complexity index is 1340. The van der Waals surface area contributed by atoms with Gasteiger partial charge in [-0.25, -0.2) is 4.79 Å². The van der Waals surface area contributed by atoms with E-state index in [9.17, 15) is 14.7 Å². The maximum absolute atomic E-state index is 12.7. The zero-order chi connectivity index (χ0) is 22.7. The van der Waals surface area contributed by atoms with E-state index >= 15 is 0 Å². The van der Waals surface area contributed by atoms with Crippen LogP contribution in [0, 0.1) is 0 Å². The van der Waals surface area contributed by atoms with Crippen LogP contribution in [0.3, 0.4) is 0 Å². The topological polar surface area (TPSA) is 87.0 Å². The van der Waals surface area contributed by atoms with Crippen LogP contribution in [0.5, 0.6) is 17.2 Å². The van der Waals surface area contributed by atoms with E-state index in [-0.39, 0.29) is 10.9 Å². The fraction of sp³-hybridized carbons (Fsp3) is 0.120. The molecule has 32 heavy (non-hydrogen) atoms. The number of fused-ring (bicyclic) bond motifs is 1. The maximum Gasteiger partial charge on any atom is 0.341 e. The molecule has 4 rings (SSSR count). The quantitative estimate of drug-likeness (QED) is 0.470. The van der Waals surface area contributed by atoms with Crippen LogP contribution in [-0.2, 0) is 6.61 Å². The van der Waals surface area contributed by atoms with Crippen molar-refractivity contribution in [1.82, 2.24) is 4.57 Å². The third-order valence-corrected chi connectivity index (χ3v) is 5.07. The fourth-order valence-corrected chi connectivity index (χ4v) is 3.44. The summed E-state index contributed by atoms with van der Waals surface area (Å²) in [5, 5.41) is 9.84. The van der Waals surface area contributed by atoms with E-state index in [4.69, 9.17) is 14.2 Å². The number of benzene rings is 3. The minimum Gasteiger partial charge on any atom is -0.497 e. The summed E-state index contributed by atoms with van der Waals surface area (Å²) in [7, 11) is 3.06. The SMILES string of the molecule is COc1cc(OCc2ccccc2)cc(-n2cc(C(=O)O)c(=O)c3ccc(OC)cc32)c1. The molecule has 0 radical (unpaired) electrons. The summed E-state index contributed by atoms with van der Waals surface area (Å²) in [6.45, 7) is 0.354. The highest BCUT2D eigenvalue weighted by molar-refractivity contribution is 5.93. The third kappa shape index (κ3) is 4.13. The zero-order valence-corrected chi connectivity index (χ0v) is 17.6. The number of aromatic nitrogens is 1. The first kappa shape index (κ1) is 21.0. The largest absolute Gasteiger partial charge is 0.497 e. The summed E-state index contributed by atoms with van der Waals surface area (Å²) in [6, 6.07) is 19.8. The van der Waals surface area contributed by atoms with E-state index in [1.165, 1.54) is 20.4 Å². The number of methoxy groups -OCH3 is 2. The van der Waals surface area contributed by atoms with Gasteiger partial charge >= 0.3 is 5.97 Å². The van der Waals surface area contributed by atoms with E-state index in [0.717, 1.165) is 5.56 Å². The van der Waals surface area contributed by atoms with Crippen molar-refractivity contribution < 1.29 is 24.1 Å². The lowest BCUT2D eigenvalue weighted by molar-refractivity contribution is 0.0695. The molecule has 0 saturated heterocycles. The van der Waals surface area contributed by atoms with E-state index in [2.05, 4.69) is 0 Å². The lowest BCUT2D eigenvalue weighted by Crippen LogP contribution is -2.18. The van der Waals surface area contributed by atoms with E-state index in [1.807, 2.05) is 30.3 Å². The molecular formula is C25H21NO6. The van der Waals surface area contributed by atoms with Crippen molar-refractivity contribution in [3.05, 3.63) is 94.3 Å². The molecule has 0 aliphatic heterocycles. The fourth-order valence-electron chi connectivity index (χ4n) is 3.44. The van der Waals surface area contributed by atoms with Crippen molar-refractivity contribution in [2.75, 3.05) is 14.2 Å². The van der Waals surface area contributed by atoms with Gasteiger partial charge in [-0.3, -0.25) is 4.79 Å². The standard InChI is InChI=1S/C25H21NO6/c1-30-18-8-9-21-23(13-18)26(14-22(24(21)27)25(28)29)17-10-19(31-2)12-20(11-17)32-15-16-6-4-3-5-7-16/h3-14H,15H2,1-2H3,(H,28,29). The number of carboxylic acid groups (broad SMARTS) is 1. The highest BCUT2D eigenvalue weighted by Gasteiger charge is 2.17. The number of rotatable bonds is 7. The molecule has 1 heterocycles. The molecule has 162 valence electrons. The Kier molecular flexibility index (Phi) is 5.81. The van der Waals surface area contributed by atoms with Gasteiger partial charge in [0.2, 0.25) is 5.43 Å². The highest BCUT2D eigenvalue weighted by atomic mass is 16.5. The smallest absolute Gasteiger partial charge is 0.341 e. The summed E-state index contributed by atoms with van der Waals surface area (Å²) in [6.07, 6.45) is 1.31. The van der Waals surface area contributed by atoms with E-state index < -0.39 is 11.4 Å². The van der Waals surface area contributed by atoms with Crippen LogP contribution in [0.1, 0.15) is 15.9 Å². The highest BCUT2D eigenvalue weighted by Crippen LogP contribution is 2.29. The van der Waals surface area contributed by atoms with Crippen molar-refractivity contribution >= 4 is 16.9 Å². The van der Waals surface area contributed by atoms with Crippen LogP contribution in [0.25, 0.3) is 16.6 Å². The lowest BCUT2D eigenvalue weighted by atomic mass is 10.1. The van der Waals surface area contributed by atoms with Gasteiger partial charge in [0, 0.05) is 35.8 Å². The number of carboxylic acids is 1. The van der Waals surface area contributed by atoms with Crippen molar-refractivity contribution in [1.29, 1.82) is 0 Å². The average molecular weight is 431 g/mol. The van der Waals surface area contributed by atoms with Crippen molar-refractivity contribution in [3.8, 4) is 22.9 Å². The van der Waals surface area contributed by atoms with Crippen LogP contribution < -0.4 is 19.6 Å². The molecular weight excluding hydrogens is 410 g/mol. The molecule has 0 unspecified atom stereocenters. The molecule has 0 spiro atoms.